The summed E-state index contributed by atoms with van der Waals surface area (Å²) in [5, 5.41) is 0. The highest BCUT2D eigenvalue weighted by Gasteiger charge is 2.13. The third-order valence-electron chi connectivity index (χ3n) is 7.59. The Morgan fingerprint density at radius 3 is 1.34 bits per heavy atom. The van der Waals surface area contributed by atoms with Crippen molar-refractivity contribution in [2.45, 2.75) is 79.1 Å². The monoisotopic (exact) mass is 516 g/mol. The minimum absolute atomic E-state index is 0.604. The van der Waals surface area contributed by atoms with Gasteiger partial charge in [-0.15, -0.1) is 0 Å². The van der Waals surface area contributed by atoms with Crippen LogP contribution in [0.2, 0.25) is 0 Å². The molecule has 0 aliphatic heterocycles. The molecule has 0 heterocycles. The fourth-order valence-electron chi connectivity index (χ4n) is 4.84. The van der Waals surface area contributed by atoms with E-state index >= 15 is 0 Å². The minimum Gasteiger partial charge on any atom is -0.493 e. The van der Waals surface area contributed by atoms with Gasteiger partial charge in [-0.05, 0) is 72.2 Å². The second-order valence-electron chi connectivity index (χ2n) is 10.5. The van der Waals surface area contributed by atoms with Gasteiger partial charge in [-0.3, -0.25) is 0 Å². The van der Waals surface area contributed by atoms with Gasteiger partial charge in [0.2, 0.25) is 0 Å². The molecule has 0 saturated carbocycles. The van der Waals surface area contributed by atoms with E-state index in [1.807, 2.05) is 36.4 Å². The van der Waals surface area contributed by atoms with Crippen LogP contribution >= 0.6 is 0 Å². The Kier molecular flexibility index (Phi) is 11.9. The molecule has 0 spiro atoms. The summed E-state index contributed by atoms with van der Waals surface area (Å²) in [4.78, 5) is 0. The molecule has 0 bridgehead atoms. The molecule has 2 unspecified atom stereocenters. The van der Waals surface area contributed by atoms with Crippen LogP contribution in [0.15, 0.2) is 60.7 Å². The summed E-state index contributed by atoms with van der Waals surface area (Å²) in [5.74, 6) is 2.99. The number of nitrogen functional groups attached to an aromatic ring is 2. The summed E-state index contributed by atoms with van der Waals surface area (Å²) < 4.78 is 12.2. The van der Waals surface area contributed by atoms with Crippen LogP contribution in [0, 0.1) is 11.8 Å². The van der Waals surface area contributed by atoms with Crippen LogP contribution in [0.25, 0.3) is 22.3 Å². The molecule has 206 valence electrons. The number of hydrogen-bond donors (Lipinski definition) is 2. The number of anilines is 2. The number of hydrogen-bond acceptors (Lipinski definition) is 4. The van der Waals surface area contributed by atoms with Crippen LogP contribution in [0.1, 0.15) is 79.1 Å². The Hall–Kier alpha value is -3.14. The lowest BCUT2D eigenvalue weighted by Crippen LogP contribution is -2.11. The van der Waals surface area contributed by atoms with Crippen molar-refractivity contribution >= 4 is 11.4 Å². The molecule has 3 aromatic rings. The molecule has 0 amide bonds. The molecule has 0 aromatic heterocycles. The fourth-order valence-corrected chi connectivity index (χ4v) is 4.84. The van der Waals surface area contributed by atoms with E-state index in [2.05, 4.69) is 52.0 Å². The van der Waals surface area contributed by atoms with E-state index in [0.717, 1.165) is 65.5 Å². The Labute approximate surface area is 230 Å². The third kappa shape index (κ3) is 8.44. The summed E-state index contributed by atoms with van der Waals surface area (Å²) in [6.45, 7) is 10.5. The van der Waals surface area contributed by atoms with Gasteiger partial charge >= 0.3 is 0 Å². The van der Waals surface area contributed by atoms with Gasteiger partial charge in [0.1, 0.15) is 11.5 Å². The molecule has 4 nitrogen and oxygen atoms in total. The predicted molar refractivity (Wildman–Crippen MR) is 164 cm³/mol. The SMILES string of the molecule is CCCCC(CC)COc1ccc(-c2cc(N)cc(-c3ccc(OCC(CC)CCCC)cc3)c2N)cc1. The number of nitrogens with two attached hydrogens (primary N) is 2. The van der Waals surface area contributed by atoms with Gasteiger partial charge in [0.25, 0.3) is 0 Å². The van der Waals surface area contributed by atoms with E-state index < -0.39 is 0 Å². The van der Waals surface area contributed by atoms with Gasteiger partial charge in [0.05, 0.1) is 13.2 Å². The first kappa shape index (κ1) is 29.4. The smallest absolute Gasteiger partial charge is 0.119 e. The summed E-state index contributed by atoms with van der Waals surface area (Å²) in [6, 6.07) is 20.3. The van der Waals surface area contributed by atoms with Crippen LogP contribution < -0.4 is 20.9 Å². The number of benzene rings is 3. The molecule has 0 aliphatic carbocycles. The lowest BCUT2D eigenvalue weighted by atomic mass is 9.95. The van der Waals surface area contributed by atoms with Crippen molar-refractivity contribution in [1.82, 2.24) is 0 Å². The average molecular weight is 517 g/mol. The average Bonchev–Trinajstić information content (AvgIpc) is 2.95. The highest BCUT2D eigenvalue weighted by Crippen LogP contribution is 2.38. The van der Waals surface area contributed by atoms with Gasteiger partial charge in [0, 0.05) is 22.5 Å². The molecular formula is C34H48N2O2. The zero-order valence-corrected chi connectivity index (χ0v) is 24.0. The Morgan fingerprint density at radius 2 is 1.00 bits per heavy atom. The van der Waals surface area contributed by atoms with Crippen molar-refractivity contribution in [3.63, 3.8) is 0 Å². The maximum Gasteiger partial charge on any atom is 0.119 e. The lowest BCUT2D eigenvalue weighted by molar-refractivity contribution is 0.233. The standard InChI is InChI=1S/C34H48N2O2/c1-5-9-11-25(7-3)23-37-30-17-13-27(14-18-30)32-21-29(35)22-33(34(32)36)28-15-19-31(20-16-28)38-24-26(8-4)12-10-6-2/h13-22,25-26H,5-12,23-24,35-36H2,1-4H3. The topological polar surface area (TPSA) is 70.5 Å². The molecule has 3 rings (SSSR count). The van der Waals surface area contributed by atoms with Crippen molar-refractivity contribution in [3.8, 4) is 33.8 Å². The van der Waals surface area contributed by atoms with Crippen LogP contribution in [-0.4, -0.2) is 13.2 Å². The summed E-state index contributed by atoms with van der Waals surface area (Å²) in [6.07, 6.45) is 9.70. The summed E-state index contributed by atoms with van der Waals surface area (Å²) in [5.41, 5.74) is 18.4. The third-order valence-corrected chi connectivity index (χ3v) is 7.59. The van der Waals surface area contributed by atoms with Gasteiger partial charge in [-0.1, -0.05) is 90.5 Å². The first-order chi connectivity index (χ1) is 18.5. The number of unbranched alkanes of at least 4 members (excludes halogenated alkanes) is 2. The van der Waals surface area contributed by atoms with Crippen molar-refractivity contribution in [1.29, 1.82) is 0 Å². The number of ether oxygens (including phenoxy) is 2. The van der Waals surface area contributed by atoms with E-state index in [4.69, 9.17) is 20.9 Å². The maximum absolute atomic E-state index is 6.70. The van der Waals surface area contributed by atoms with Crippen LogP contribution in [0.5, 0.6) is 11.5 Å². The first-order valence-electron chi connectivity index (χ1n) is 14.6. The van der Waals surface area contributed by atoms with E-state index in [1.165, 1.54) is 38.5 Å². The van der Waals surface area contributed by atoms with E-state index in [9.17, 15) is 0 Å². The molecule has 0 aliphatic rings. The molecule has 4 N–H and O–H groups in total. The Bertz CT molecular complexity index is 1010. The largest absolute Gasteiger partial charge is 0.493 e. The molecular weight excluding hydrogens is 468 g/mol. The molecule has 0 saturated heterocycles. The Balaban J connectivity index is 1.71. The molecule has 4 heteroatoms. The van der Waals surface area contributed by atoms with Gasteiger partial charge < -0.3 is 20.9 Å². The highest BCUT2D eigenvalue weighted by molar-refractivity contribution is 5.91. The van der Waals surface area contributed by atoms with E-state index in [1.54, 1.807) is 0 Å². The molecule has 0 radical (unpaired) electrons. The zero-order chi connectivity index (χ0) is 27.3. The van der Waals surface area contributed by atoms with Gasteiger partial charge in [-0.2, -0.15) is 0 Å². The molecule has 38 heavy (non-hydrogen) atoms. The normalized spacial score (nSPS) is 12.7. The van der Waals surface area contributed by atoms with Gasteiger partial charge in [0.15, 0.2) is 0 Å². The lowest BCUT2D eigenvalue weighted by Gasteiger charge is -2.17. The second kappa shape index (κ2) is 15.3. The highest BCUT2D eigenvalue weighted by atomic mass is 16.5. The summed E-state index contributed by atoms with van der Waals surface area (Å²) in [7, 11) is 0. The van der Waals surface area contributed by atoms with Crippen molar-refractivity contribution in [2.75, 3.05) is 24.7 Å². The zero-order valence-electron chi connectivity index (χ0n) is 24.0. The molecule has 3 aromatic carbocycles. The maximum atomic E-state index is 6.70. The van der Waals surface area contributed by atoms with Crippen LogP contribution in [0.4, 0.5) is 11.4 Å². The van der Waals surface area contributed by atoms with Crippen molar-refractivity contribution in [3.05, 3.63) is 60.7 Å². The van der Waals surface area contributed by atoms with E-state index in [-0.39, 0.29) is 0 Å². The predicted octanol–water partition coefficient (Wildman–Crippen LogP) is 9.38. The fraction of sp³-hybridized carbons (Fsp3) is 0.471. The Morgan fingerprint density at radius 1 is 0.605 bits per heavy atom. The number of rotatable bonds is 16. The second-order valence-corrected chi connectivity index (χ2v) is 10.5. The first-order valence-corrected chi connectivity index (χ1v) is 14.6. The van der Waals surface area contributed by atoms with Crippen LogP contribution in [0.3, 0.4) is 0 Å². The minimum atomic E-state index is 0.604. The molecule has 0 fully saturated rings. The van der Waals surface area contributed by atoms with Crippen LogP contribution in [-0.2, 0) is 0 Å². The van der Waals surface area contributed by atoms with Crippen molar-refractivity contribution < 1.29 is 9.47 Å². The quantitative estimate of drug-likeness (QED) is 0.186. The van der Waals surface area contributed by atoms with Crippen molar-refractivity contribution in [2.24, 2.45) is 11.8 Å². The summed E-state index contributed by atoms with van der Waals surface area (Å²) >= 11 is 0. The van der Waals surface area contributed by atoms with E-state index in [0.29, 0.717) is 17.5 Å². The molecule has 2 atom stereocenters. The van der Waals surface area contributed by atoms with Gasteiger partial charge in [-0.25, -0.2) is 0 Å².